The smallest absolute Gasteiger partial charge is 0.410 e. The molecule has 2 amide bonds. The molecule has 5 heteroatoms. The highest BCUT2D eigenvalue weighted by Crippen LogP contribution is 2.18. The summed E-state index contributed by atoms with van der Waals surface area (Å²) in [6.07, 6.45) is 1.84. The van der Waals surface area contributed by atoms with Gasteiger partial charge in [0.2, 0.25) is 5.91 Å². The third kappa shape index (κ3) is 5.84. The minimum Gasteiger partial charge on any atom is -0.410 e. The maximum absolute atomic E-state index is 12.2. The molecule has 1 heterocycles. The van der Waals surface area contributed by atoms with Crippen LogP contribution < -0.4 is 10.1 Å². The van der Waals surface area contributed by atoms with Crippen molar-refractivity contribution in [2.45, 2.75) is 26.2 Å². The molecule has 1 N–H and O–H groups in total. The molecular formula is C22H26N2O3. The van der Waals surface area contributed by atoms with Gasteiger partial charge in [0, 0.05) is 19.6 Å². The van der Waals surface area contributed by atoms with Crippen LogP contribution in [-0.4, -0.2) is 36.5 Å². The van der Waals surface area contributed by atoms with E-state index >= 15 is 0 Å². The van der Waals surface area contributed by atoms with Crippen LogP contribution in [0.3, 0.4) is 0 Å². The van der Waals surface area contributed by atoms with Gasteiger partial charge in [0.1, 0.15) is 5.75 Å². The highest BCUT2D eigenvalue weighted by Gasteiger charge is 2.24. The van der Waals surface area contributed by atoms with Crippen LogP contribution in [0.25, 0.3) is 0 Å². The molecule has 0 atom stereocenters. The SMILES string of the molecule is Cc1cccc(CC(=O)NCC2CCN(C(=O)Oc3ccccc3)CC2)c1. The van der Waals surface area contributed by atoms with Crippen LogP contribution in [0.4, 0.5) is 4.79 Å². The van der Waals surface area contributed by atoms with E-state index in [1.165, 1.54) is 0 Å². The van der Waals surface area contributed by atoms with Gasteiger partial charge in [-0.25, -0.2) is 4.79 Å². The molecule has 1 aliphatic heterocycles. The summed E-state index contributed by atoms with van der Waals surface area (Å²) in [5.74, 6) is 1.01. The lowest BCUT2D eigenvalue weighted by molar-refractivity contribution is -0.120. The second kappa shape index (κ2) is 9.21. The van der Waals surface area contributed by atoms with Gasteiger partial charge in [0.15, 0.2) is 0 Å². The van der Waals surface area contributed by atoms with Crippen molar-refractivity contribution in [2.75, 3.05) is 19.6 Å². The van der Waals surface area contributed by atoms with Gasteiger partial charge >= 0.3 is 6.09 Å². The Hall–Kier alpha value is -2.82. The number of carbonyl (C=O) groups excluding carboxylic acids is 2. The number of hydrogen-bond acceptors (Lipinski definition) is 3. The zero-order valence-electron chi connectivity index (χ0n) is 15.7. The molecule has 0 aromatic heterocycles. The second-order valence-electron chi connectivity index (χ2n) is 7.08. The maximum atomic E-state index is 12.2. The lowest BCUT2D eigenvalue weighted by atomic mass is 9.97. The summed E-state index contributed by atoms with van der Waals surface area (Å²) in [5, 5.41) is 3.03. The molecule has 0 aliphatic carbocycles. The number of amides is 2. The van der Waals surface area contributed by atoms with Crippen LogP contribution in [-0.2, 0) is 11.2 Å². The lowest BCUT2D eigenvalue weighted by Gasteiger charge is -2.31. The Bertz CT molecular complexity index is 768. The highest BCUT2D eigenvalue weighted by molar-refractivity contribution is 5.78. The van der Waals surface area contributed by atoms with Crippen molar-refractivity contribution in [3.8, 4) is 5.75 Å². The summed E-state index contributed by atoms with van der Waals surface area (Å²) in [4.78, 5) is 26.1. The first kappa shape index (κ1) is 19.0. The number of benzene rings is 2. The summed E-state index contributed by atoms with van der Waals surface area (Å²) in [7, 11) is 0. The van der Waals surface area contributed by atoms with E-state index in [2.05, 4.69) is 5.32 Å². The van der Waals surface area contributed by atoms with Gasteiger partial charge in [0.25, 0.3) is 0 Å². The van der Waals surface area contributed by atoms with Crippen LogP contribution in [0.15, 0.2) is 54.6 Å². The minimum absolute atomic E-state index is 0.0477. The van der Waals surface area contributed by atoms with Crippen molar-refractivity contribution >= 4 is 12.0 Å². The molecule has 2 aromatic carbocycles. The monoisotopic (exact) mass is 366 g/mol. The van der Waals surface area contributed by atoms with Gasteiger partial charge in [-0.3, -0.25) is 4.79 Å². The van der Waals surface area contributed by atoms with E-state index in [-0.39, 0.29) is 12.0 Å². The summed E-state index contributed by atoms with van der Waals surface area (Å²) in [6.45, 7) is 4.00. The zero-order chi connectivity index (χ0) is 19.1. The van der Waals surface area contributed by atoms with Crippen molar-refractivity contribution in [1.29, 1.82) is 0 Å². The molecule has 27 heavy (non-hydrogen) atoms. The van der Waals surface area contributed by atoms with Crippen LogP contribution in [0.1, 0.15) is 24.0 Å². The molecule has 142 valence electrons. The topological polar surface area (TPSA) is 58.6 Å². The molecule has 0 saturated carbocycles. The number of aryl methyl sites for hydroxylation is 1. The Balaban J connectivity index is 1.38. The average molecular weight is 366 g/mol. The van der Waals surface area contributed by atoms with Crippen LogP contribution in [0.5, 0.6) is 5.75 Å². The van der Waals surface area contributed by atoms with Gasteiger partial charge in [0.05, 0.1) is 6.42 Å². The van der Waals surface area contributed by atoms with Gasteiger partial charge in [-0.1, -0.05) is 48.0 Å². The third-order valence-electron chi connectivity index (χ3n) is 4.86. The van der Waals surface area contributed by atoms with Crippen molar-refractivity contribution in [2.24, 2.45) is 5.92 Å². The number of carbonyl (C=O) groups is 2. The zero-order valence-corrected chi connectivity index (χ0v) is 15.7. The maximum Gasteiger partial charge on any atom is 0.415 e. The molecule has 1 aliphatic rings. The number of piperidine rings is 1. The lowest BCUT2D eigenvalue weighted by Crippen LogP contribution is -2.42. The van der Waals surface area contributed by atoms with Crippen molar-refractivity contribution in [3.05, 3.63) is 65.7 Å². The van der Waals surface area contributed by atoms with Gasteiger partial charge in [-0.15, -0.1) is 0 Å². The van der Waals surface area contributed by atoms with E-state index in [0.29, 0.717) is 37.7 Å². The van der Waals surface area contributed by atoms with Crippen LogP contribution >= 0.6 is 0 Å². The summed E-state index contributed by atoms with van der Waals surface area (Å²) < 4.78 is 5.38. The van der Waals surface area contributed by atoms with Gasteiger partial charge in [-0.05, 0) is 43.4 Å². The van der Waals surface area contributed by atoms with E-state index < -0.39 is 0 Å². The number of nitrogens with zero attached hydrogens (tertiary/aromatic N) is 1. The first-order valence-electron chi connectivity index (χ1n) is 9.44. The number of rotatable bonds is 5. The first-order chi connectivity index (χ1) is 13.1. The fourth-order valence-corrected chi connectivity index (χ4v) is 3.30. The predicted octanol–water partition coefficient (Wildman–Crippen LogP) is 3.56. The molecule has 0 unspecified atom stereocenters. The number of nitrogens with one attached hydrogen (secondary N) is 1. The Labute approximate surface area is 160 Å². The number of likely N-dealkylation sites (tertiary alicyclic amines) is 1. The number of hydrogen-bond donors (Lipinski definition) is 1. The molecule has 3 rings (SSSR count). The largest absolute Gasteiger partial charge is 0.415 e. The molecule has 0 spiro atoms. The Morgan fingerprint density at radius 3 is 2.52 bits per heavy atom. The summed E-state index contributed by atoms with van der Waals surface area (Å²) in [6, 6.07) is 17.1. The Morgan fingerprint density at radius 1 is 1.07 bits per heavy atom. The summed E-state index contributed by atoms with van der Waals surface area (Å²) >= 11 is 0. The fourth-order valence-electron chi connectivity index (χ4n) is 3.30. The molecule has 0 bridgehead atoms. The fraction of sp³-hybridized carbons (Fsp3) is 0.364. The Morgan fingerprint density at radius 2 is 1.81 bits per heavy atom. The molecular weight excluding hydrogens is 340 g/mol. The highest BCUT2D eigenvalue weighted by atomic mass is 16.6. The molecule has 1 fully saturated rings. The van der Waals surface area contributed by atoms with Crippen molar-refractivity contribution in [1.82, 2.24) is 10.2 Å². The predicted molar refractivity (Wildman–Crippen MR) is 105 cm³/mol. The van der Waals surface area contributed by atoms with E-state index in [1.54, 1.807) is 17.0 Å². The number of para-hydroxylation sites is 1. The van der Waals surface area contributed by atoms with E-state index in [9.17, 15) is 9.59 Å². The van der Waals surface area contributed by atoms with Crippen molar-refractivity contribution < 1.29 is 14.3 Å². The van der Waals surface area contributed by atoms with Crippen LogP contribution in [0.2, 0.25) is 0 Å². The molecule has 1 saturated heterocycles. The Kier molecular flexibility index (Phi) is 6.47. The van der Waals surface area contributed by atoms with Crippen molar-refractivity contribution in [3.63, 3.8) is 0 Å². The average Bonchev–Trinajstić information content (AvgIpc) is 2.67. The third-order valence-corrected chi connectivity index (χ3v) is 4.86. The molecule has 5 nitrogen and oxygen atoms in total. The second-order valence-corrected chi connectivity index (χ2v) is 7.08. The molecule has 0 radical (unpaired) electrons. The molecule has 2 aromatic rings. The van der Waals surface area contributed by atoms with Crippen LogP contribution in [0, 0.1) is 12.8 Å². The normalized spacial score (nSPS) is 14.6. The number of ether oxygens (including phenoxy) is 1. The quantitative estimate of drug-likeness (QED) is 0.880. The summed E-state index contributed by atoms with van der Waals surface area (Å²) in [5.41, 5.74) is 2.20. The first-order valence-corrected chi connectivity index (χ1v) is 9.44. The minimum atomic E-state index is -0.303. The van der Waals surface area contributed by atoms with Gasteiger partial charge < -0.3 is 15.0 Å². The standard InChI is InChI=1S/C22H26N2O3/c1-17-6-5-7-19(14-17)15-21(25)23-16-18-10-12-24(13-11-18)22(26)27-20-8-3-2-4-9-20/h2-9,14,18H,10-13,15-16H2,1H3,(H,23,25). The van der Waals surface area contributed by atoms with E-state index in [0.717, 1.165) is 24.0 Å². The van der Waals surface area contributed by atoms with E-state index in [1.807, 2.05) is 49.4 Å². The van der Waals surface area contributed by atoms with E-state index in [4.69, 9.17) is 4.74 Å². The van der Waals surface area contributed by atoms with Gasteiger partial charge in [-0.2, -0.15) is 0 Å².